The molecule has 0 atom stereocenters. The molecule has 2 fully saturated rings. The number of methoxy groups -OCH3 is 2. The second kappa shape index (κ2) is 13.1. The van der Waals surface area contributed by atoms with Crippen molar-refractivity contribution < 1.29 is 38.4 Å². The number of carbonyl (C=O) groups is 3. The van der Waals surface area contributed by atoms with E-state index in [4.69, 9.17) is 18.9 Å². The molecule has 12 heteroatoms. The van der Waals surface area contributed by atoms with E-state index in [1.54, 1.807) is 34.1 Å². The summed E-state index contributed by atoms with van der Waals surface area (Å²) < 4.78 is 23.6. The molecule has 0 radical (unpaired) electrons. The van der Waals surface area contributed by atoms with Gasteiger partial charge in [0.1, 0.15) is 21.5 Å². The Morgan fingerprint density at radius 3 is 1.81 bits per heavy atom. The van der Waals surface area contributed by atoms with Gasteiger partial charge < -0.3 is 33.9 Å². The van der Waals surface area contributed by atoms with E-state index < -0.39 is 12.2 Å². The van der Waals surface area contributed by atoms with Crippen LogP contribution in [0.2, 0.25) is 0 Å². The van der Waals surface area contributed by atoms with Crippen LogP contribution in [0.15, 0.2) is 33.4 Å². The number of thiophene rings is 1. The Morgan fingerprint density at radius 1 is 0.762 bits per heavy atom. The number of likely N-dealkylation sites (tertiary alicyclic amines) is 2. The molecule has 0 aliphatic carbocycles. The number of ether oxygens (including phenoxy) is 4. The number of fused-ring (bicyclic) bond motifs is 1. The summed E-state index contributed by atoms with van der Waals surface area (Å²) in [6.45, 7) is 3.89. The van der Waals surface area contributed by atoms with Gasteiger partial charge in [-0.1, -0.05) is 11.8 Å². The van der Waals surface area contributed by atoms with Gasteiger partial charge in [-0.3, -0.25) is 4.79 Å². The highest BCUT2D eigenvalue weighted by Crippen LogP contribution is 2.54. The van der Waals surface area contributed by atoms with Gasteiger partial charge in [-0.25, -0.2) is 9.59 Å². The predicted molar refractivity (Wildman–Crippen MR) is 160 cm³/mol. The summed E-state index contributed by atoms with van der Waals surface area (Å²) in [6.07, 6.45) is 4.87. The number of nitrogens with zero attached hydrogens (tertiary/aromatic N) is 2. The van der Waals surface area contributed by atoms with Crippen molar-refractivity contribution in [1.29, 1.82) is 0 Å². The van der Waals surface area contributed by atoms with E-state index in [0.29, 0.717) is 62.6 Å². The summed E-state index contributed by atoms with van der Waals surface area (Å²) >= 11 is 2.27. The maximum absolute atomic E-state index is 13.0. The van der Waals surface area contributed by atoms with E-state index in [1.165, 1.54) is 32.5 Å². The molecular formula is C30H34N2O8S2. The predicted octanol–water partition coefficient (Wildman–Crippen LogP) is 6.95. The first-order chi connectivity index (χ1) is 20.3. The van der Waals surface area contributed by atoms with Crippen LogP contribution in [0.25, 0.3) is 10.1 Å². The largest absolute Gasteiger partial charge is 0.505 e. The molecule has 1 aromatic heterocycles. The SMILES string of the molecule is COc1ccc(OC(=O)N2CCCCC2)c(Sc2sc3c(OC(=O)N4CCCCC4)ccc(OC)c3c2O)c1C(C)=O. The maximum atomic E-state index is 13.0. The van der Waals surface area contributed by atoms with Gasteiger partial charge in [-0.15, -0.1) is 11.3 Å². The van der Waals surface area contributed by atoms with Gasteiger partial charge in [-0.2, -0.15) is 0 Å². The Morgan fingerprint density at radius 2 is 1.26 bits per heavy atom. The number of Topliss-reactive ketones (excluding diaryl/α,β-unsaturated/α-hetero) is 1. The molecule has 1 N–H and O–H groups in total. The average molecular weight is 615 g/mol. The molecule has 3 heterocycles. The van der Waals surface area contributed by atoms with Crippen molar-refractivity contribution in [3.8, 4) is 28.7 Å². The van der Waals surface area contributed by atoms with E-state index in [-0.39, 0.29) is 22.8 Å². The van der Waals surface area contributed by atoms with Crippen molar-refractivity contribution in [2.75, 3.05) is 40.4 Å². The Hall–Kier alpha value is -3.64. The van der Waals surface area contributed by atoms with Crippen molar-refractivity contribution in [1.82, 2.24) is 9.80 Å². The van der Waals surface area contributed by atoms with Crippen LogP contribution in [-0.4, -0.2) is 73.3 Å². The normalized spacial score (nSPS) is 15.4. The Kier molecular flexibility index (Phi) is 9.32. The molecule has 2 aliphatic rings. The lowest BCUT2D eigenvalue weighted by molar-refractivity contribution is 0.100. The molecule has 2 saturated heterocycles. The molecule has 0 spiro atoms. The minimum Gasteiger partial charge on any atom is -0.505 e. The van der Waals surface area contributed by atoms with E-state index in [0.717, 1.165) is 50.3 Å². The van der Waals surface area contributed by atoms with E-state index in [1.807, 2.05) is 0 Å². The van der Waals surface area contributed by atoms with Crippen LogP contribution in [0.4, 0.5) is 9.59 Å². The lowest BCUT2D eigenvalue weighted by Gasteiger charge is -2.26. The highest BCUT2D eigenvalue weighted by atomic mass is 32.2. The molecular weight excluding hydrogens is 580 g/mol. The summed E-state index contributed by atoms with van der Waals surface area (Å²) in [7, 11) is 2.95. The molecule has 224 valence electrons. The number of hydrogen-bond acceptors (Lipinski definition) is 10. The molecule has 0 saturated carbocycles. The van der Waals surface area contributed by atoms with Crippen LogP contribution in [0.5, 0.6) is 28.7 Å². The zero-order chi connectivity index (χ0) is 29.8. The Labute approximate surface area is 252 Å². The third kappa shape index (κ3) is 6.10. The molecule has 2 amide bonds. The van der Waals surface area contributed by atoms with Crippen LogP contribution >= 0.6 is 23.1 Å². The summed E-state index contributed by atoms with van der Waals surface area (Å²) in [6, 6.07) is 6.46. The van der Waals surface area contributed by atoms with Gasteiger partial charge in [-0.05, 0) is 69.7 Å². The standard InChI is InChI=1S/C30H34N2O8S2/c1-18(33)23-19(37-2)10-12-21(39-29(35)31-14-6-4-7-15-31)26(23)41-28-25(34)24-20(38-3)11-13-22(27(24)42-28)40-30(36)32-16-8-5-9-17-32/h10-13,34H,4-9,14-17H2,1-3H3. The van der Waals surface area contributed by atoms with E-state index in [2.05, 4.69) is 0 Å². The van der Waals surface area contributed by atoms with Crippen molar-refractivity contribution in [3.05, 3.63) is 29.8 Å². The number of rotatable bonds is 7. The number of aromatic hydroxyl groups is 1. The lowest BCUT2D eigenvalue weighted by Crippen LogP contribution is -2.37. The van der Waals surface area contributed by atoms with Crippen molar-refractivity contribution in [2.24, 2.45) is 0 Å². The minimum atomic E-state index is -0.495. The fourth-order valence-electron chi connectivity index (χ4n) is 5.23. The molecule has 2 aliphatic heterocycles. The highest BCUT2D eigenvalue weighted by Gasteiger charge is 2.28. The van der Waals surface area contributed by atoms with Gasteiger partial charge >= 0.3 is 12.2 Å². The van der Waals surface area contributed by atoms with Crippen LogP contribution in [0.3, 0.4) is 0 Å². The summed E-state index contributed by atoms with van der Waals surface area (Å²) in [5.74, 6) is 0.803. The Balaban J connectivity index is 1.55. The smallest absolute Gasteiger partial charge is 0.415 e. The maximum Gasteiger partial charge on any atom is 0.415 e. The fraction of sp³-hybridized carbons (Fsp3) is 0.433. The summed E-state index contributed by atoms with van der Waals surface area (Å²) in [5, 5.41) is 11.8. The molecule has 10 nitrogen and oxygen atoms in total. The number of carbonyl (C=O) groups excluding carboxylic acids is 3. The molecule has 0 bridgehead atoms. The van der Waals surface area contributed by atoms with Gasteiger partial charge in [0.2, 0.25) is 0 Å². The average Bonchev–Trinajstić information content (AvgIpc) is 3.34. The first-order valence-corrected chi connectivity index (χ1v) is 15.6. The quantitative estimate of drug-likeness (QED) is 0.282. The van der Waals surface area contributed by atoms with E-state index >= 15 is 0 Å². The summed E-state index contributed by atoms with van der Waals surface area (Å²) in [4.78, 5) is 42.5. The van der Waals surface area contributed by atoms with Crippen molar-refractivity contribution in [2.45, 2.75) is 54.6 Å². The van der Waals surface area contributed by atoms with Gasteiger partial charge in [0, 0.05) is 26.2 Å². The molecule has 3 aromatic rings. The van der Waals surface area contributed by atoms with Gasteiger partial charge in [0.25, 0.3) is 0 Å². The second-order valence-electron chi connectivity index (χ2n) is 10.2. The van der Waals surface area contributed by atoms with Crippen molar-refractivity contribution >= 4 is 51.2 Å². The molecule has 42 heavy (non-hydrogen) atoms. The van der Waals surface area contributed by atoms with Crippen molar-refractivity contribution in [3.63, 3.8) is 0 Å². The summed E-state index contributed by atoms with van der Waals surface area (Å²) in [5.41, 5.74) is 0.229. The highest BCUT2D eigenvalue weighted by molar-refractivity contribution is 8.01. The molecule has 2 aromatic carbocycles. The zero-order valence-corrected chi connectivity index (χ0v) is 25.5. The Bertz CT molecular complexity index is 1490. The minimum absolute atomic E-state index is 0.0987. The number of benzene rings is 2. The molecule has 0 unspecified atom stereocenters. The lowest BCUT2D eigenvalue weighted by atomic mass is 10.1. The monoisotopic (exact) mass is 614 g/mol. The third-order valence-corrected chi connectivity index (χ3v) is 9.88. The first kappa shape index (κ1) is 29.8. The van der Waals surface area contributed by atoms with E-state index in [9.17, 15) is 19.5 Å². The van der Waals surface area contributed by atoms with Crippen LogP contribution < -0.4 is 18.9 Å². The first-order valence-electron chi connectivity index (χ1n) is 14.0. The van der Waals surface area contributed by atoms with Crippen LogP contribution in [0.1, 0.15) is 55.8 Å². The number of piperidine rings is 2. The van der Waals surface area contributed by atoms with Crippen LogP contribution in [-0.2, 0) is 0 Å². The topological polar surface area (TPSA) is 115 Å². The number of amides is 2. The van der Waals surface area contributed by atoms with Crippen LogP contribution in [0, 0.1) is 0 Å². The second-order valence-corrected chi connectivity index (χ2v) is 12.5. The molecule has 5 rings (SSSR count). The number of ketones is 1. The fourth-order valence-corrected chi connectivity index (χ4v) is 7.73. The number of hydrogen-bond donors (Lipinski definition) is 1. The third-order valence-electron chi connectivity index (χ3n) is 7.40. The van der Waals surface area contributed by atoms with Gasteiger partial charge in [0.15, 0.2) is 17.3 Å². The zero-order valence-electron chi connectivity index (χ0n) is 23.9. The van der Waals surface area contributed by atoms with Gasteiger partial charge in [0.05, 0.1) is 34.8 Å².